The van der Waals surface area contributed by atoms with Crippen LogP contribution in [0.4, 0.5) is 0 Å². The van der Waals surface area contributed by atoms with Crippen molar-refractivity contribution in [2.75, 3.05) is 13.1 Å². The molecule has 3 rings (SSSR count). The number of amides is 2. The summed E-state index contributed by atoms with van der Waals surface area (Å²) in [7, 11) is 0. The average molecular weight is 328 g/mol. The fourth-order valence-electron chi connectivity index (χ4n) is 3.22. The van der Waals surface area contributed by atoms with Crippen molar-refractivity contribution >= 4 is 17.5 Å². The molecule has 1 aliphatic rings. The van der Waals surface area contributed by atoms with Crippen LogP contribution >= 0.6 is 0 Å². The number of imidazole rings is 1. The van der Waals surface area contributed by atoms with Gasteiger partial charge in [0.1, 0.15) is 5.65 Å². The SMILES string of the molecule is Cc1cccn2c(CNC(=O)[C@H]3CC(=O)N(CC(C)C)C3)cnc12. The van der Waals surface area contributed by atoms with Crippen LogP contribution in [0.5, 0.6) is 0 Å². The number of fused-ring (bicyclic) bond motifs is 1. The van der Waals surface area contributed by atoms with Crippen LogP contribution in [0.3, 0.4) is 0 Å². The normalized spacial score (nSPS) is 17.9. The number of pyridine rings is 1. The Morgan fingerprint density at radius 2 is 2.25 bits per heavy atom. The molecule has 0 spiro atoms. The molecule has 6 heteroatoms. The van der Waals surface area contributed by atoms with Crippen LogP contribution in [-0.2, 0) is 16.1 Å². The van der Waals surface area contributed by atoms with Crippen LogP contribution in [0, 0.1) is 18.8 Å². The highest BCUT2D eigenvalue weighted by atomic mass is 16.2. The minimum Gasteiger partial charge on any atom is -0.350 e. The molecule has 0 aromatic carbocycles. The van der Waals surface area contributed by atoms with Crippen molar-refractivity contribution in [2.45, 2.75) is 33.7 Å². The number of nitrogens with one attached hydrogen (secondary N) is 1. The van der Waals surface area contributed by atoms with Crippen molar-refractivity contribution < 1.29 is 9.59 Å². The first-order valence-corrected chi connectivity index (χ1v) is 8.42. The second kappa shape index (κ2) is 6.63. The first kappa shape index (κ1) is 16.5. The molecular weight excluding hydrogens is 304 g/mol. The van der Waals surface area contributed by atoms with Crippen molar-refractivity contribution in [3.63, 3.8) is 0 Å². The van der Waals surface area contributed by atoms with Crippen LogP contribution in [0.25, 0.3) is 5.65 Å². The largest absolute Gasteiger partial charge is 0.350 e. The lowest BCUT2D eigenvalue weighted by Gasteiger charge is -2.18. The molecule has 2 aromatic heterocycles. The summed E-state index contributed by atoms with van der Waals surface area (Å²) in [6.45, 7) is 7.82. The molecular formula is C18H24N4O2. The van der Waals surface area contributed by atoms with Crippen LogP contribution in [0.2, 0.25) is 0 Å². The van der Waals surface area contributed by atoms with Crippen molar-refractivity contribution in [3.05, 3.63) is 35.8 Å². The number of hydrogen-bond donors (Lipinski definition) is 1. The Bertz CT molecular complexity index is 765. The summed E-state index contributed by atoms with van der Waals surface area (Å²) < 4.78 is 1.99. The summed E-state index contributed by atoms with van der Waals surface area (Å²) in [4.78, 5) is 30.6. The topological polar surface area (TPSA) is 66.7 Å². The second-order valence-corrected chi connectivity index (χ2v) is 6.95. The van der Waals surface area contributed by atoms with E-state index in [0.29, 0.717) is 25.4 Å². The standard InChI is InChI=1S/C18H24N4O2/c1-12(2)10-21-11-14(7-16(21)23)18(24)20-9-15-8-19-17-13(3)5-4-6-22(15)17/h4-6,8,12,14H,7,9-11H2,1-3H3,(H,20,24)/t14-/m0/s1. The molecule has 2 amide bonds. The van der Waals surface area contributed by atoms with E-state index >= 15 is 0 Å². The molecule has 128 valence electrons. The van der Waals surface area contributed by atoms with E-state index in [1.807, 2.05) is 29.7 Å². The number of nitrogens with zero attached hydrogens (tertiary/aromatic N) is 3. The zero-order valence-corrected chi connectivity index (χ0v) is 14.5. The summed E-state index contributed by atoms with van der Waals surface area (Å²) in [5.41, 5.74) is 2.94. The third kappa shape index (κ3) is 3.27. The maximum atomic E-state index is 12.4. The Balaban J connectivity index is 1.61. The number of carbonyl (C=O) groups excluding carboxylic acids is 2. The summed E-state index contributed by atoms with van der Waals surface area (Å²) in [6, 6.07) is 3.98. The van der Waals surface area contributed by atoms with Gasteiger partial charge in [-0.1, -0.05) is 19.9 Å². The lowest BCUT2D eigenvalue weighted by Crippen LogP contribution is -2.34. The Labute approximate surface area is 141 Å². The van der Waals surface area contributed by atoms with E-state index in [4.69, 9.17) is 0 Å². The molecule has 2 aromatic rings. The minimum absolute atomic E-state index is 0.0581. The van der Waals surface area contributed by atoms with Gasteiger partial charge in [-0.05, 0) is 24.5 Å². The Hall–Kier alpha value is -2.37. The van der Waals surface area contributed by atoms with Gasteiger partial charge in [0.05, 0.1) is 24.4 Å². The maximum absolute atomic E-state index is 12.4. The molecule has 1 fully saturated rings. The quantitative estimate of drug-likeness (QED) is 0.909. The first-order chi connectivity index (χ1) is 11.5. The molecule has 1 aliphatic heterocycles. The zero-order valence-electron chi connectivity index (χ0n) is 14.5. The van der Waals surface area contributed by atoms with Gasteiger partial charge in [0.2, 0.25) is 11.8 Å². The Kier molecular flexibility index (Phi) is 4.55. The van der Waals surface area contributed by atoms with E-state index in [0.717, 1.165) is 23.4 Å². The van der Waals surface area contributed by atoms with Gasteiger partial charge in [0.15, 0.2) is 0 Å². The van der Waals surface area contributed by atoms with Crippen LogP contribution in [0.1, 0.15) is 31.5 Å². The Morgan fingerprint density at radius 1 is 1.46 bits per heavy atom. The number of aryl methyl sites for hydroxylation is 1. The van der Waals surface area contributed by atoms with Crippen molar-refractivity contribution in [1.29, 1.82) is 0 Å². The molecule has 1 saturated heterocycles. The van der Waals surface area contributed by atoms with E-state index in [1.54, 1.807) is 11.1 Å². The third-order valence-corrected chi connectivity index (χ3v) is 4.42. The van der Waals surface area contributed by atoms with Gasteiger partial charge in [-0.15, -0.1) is 0 Å². The smallest absolute Gasteiger partial charge is 0.225 e. The van der Waals surface area contributed by atoms with Crippen LogP contribution in [0.15, 0.2) is 24.5 Å². The lowest BCUT2D eigenvalue weighted by atomic mass is 10.1. The van der Waals surface area contributed by atoms with Crippen LogP contribution < -0.4 is 5.32 Å². The Morgan fingerprint density at radius 3 is 3.00 bits per heavy atom. The fraction of sp³-hybridized carbons (Fsp3) is 0.500. The number of carbonyl (C=O) groups is 2. The minimum atomic E-state index is -0.253. The molecule has 0 radical (unpaired) electrons. The summed E-state index contributed by atoms with van der Waals surface area (Å²) in [5.74, 6) is 0.181. The van der Waals surface area contributed by atoms with E-state index in [1.165, 1.54) is 0 Å². The molecule has 24 heavy (non-hydrogen) atoms. The molecule has 1 N–H and O–H groups in total. The van der Waals surface area contributed by atoms with E-state index in [9.17, 15) is 9.59 Å². The fourth-order valence-corrected chi connectivity index (χ4v) is 3.22. The van der Waals surface area contributed by atoms with Gasteiger partial charge in [0, 0.05) is 25.7 Å². The predicted molar refractivity (Wildman–Crippen MR) is 91.3 cm³/mol. The summed E-state index contributed by atoms with van der Waals surface area (Å²) in [6.07, 6.45) is 4.04. The number of hydrogen-bond acceptors (Lipinski definition) is 3. The molecule has 0 unspecified atom stereocenters. The highest BCUT2D eigenvalue weighted by Gasteiger charge is 2.34. The van der Waals surface area contributed by atoms with Crippen LogP contribution in [-0.4, -0.2) is 39.2 Å². The van der Waals surface area contributed by atoms with Crippen molar-refractivity contribution in [3.8, 4) is 0 Å². The molecule has 3 heterocycles. The maximum Gasteiger partial charge on any atom is 0.225 e. The average Bonchev–Trinajstić information content (AvgIpc) is 3.10. The molecule has 1 atom stereocenters. The highest BCUT2D eigenvalue weighted by Crippen LogP contribution is 2.19. The number of likely N-dealkylation sites (tertiary alicyclic amines) is 1. The summed E-state index contributed by atoms with van der Waals surface area (Å²) in [5, 5.41) is 2.95. The highest BCUT2D eigenvalue weighted by molar-refractivity contribution is 5.89. The monoisotopic (exact) mass is 328 g/mol. The van der Waals surface area contributed by atoms with Gasteiger partial charge >= 0.3 is 0 Å². The van der Waals surface area contributed by atoms with E-state index in [2.05, 4.69) is 24.1 Å². The van der Waals surface area contributed by atoms with Gasteiger partial charge in [-0.3, -0.25) is 9.59 Å². The van der Waals surface area contributed by atoms with Gasteiger partial charge in [0.25, 0.3) is 0 Å². The molecule has 0 saturated carbocycles. The first-order valence-electron chi connectivity index (χ1n) is 8.42. The second-order valence-electron chi connectivity index (χ2n) is 6.95. The number of rotatable bonds is 5. The van der Waals surface area contributed by atoms with Gasteiger partial charge in [-0.2, -0.15) is 0 Å². The van der Waals surface area contributed by atoms with E-state index < -0.39 is 0 Å². The van der Waals surface area contributed by atoms with E-state index in [-0.39, 0.29) is 17.7 Å². The lowest BCUT2D eigenvalue weighted by molar-refractivity contribution is -0.129. The molecule has 0 bridgehead atoms. The number of aromatic nitrogens is 2. The molecule has 0 aliphatic carbocycles. The van der Waals surface area contributed by atoms with Crippen molar-refractivity contribution in [1.82, 2.24) is 19.6 Å². The zero-order chi connectivity index (χ0) is 17.3. The predicted octanol–water partition coefficient (Wildman–Crippen LogP) is 1.76. The molecule has 6 nitrogen and oxygen atoms in total. The van der Waals surface area contributed by atoms with Gasteiger partial charge < -0.3 is 14.6 Å². The van der Waals surface area contributed by atoms with Gasteiger partial charge in [-0.25, -0.2) is 4.98 Å². The third-order valence-electron chi connectivity index (χ3n) is 4.42. The summed E-state index contributed by atoms with van der Waals surface area (Å²) >= 11 is 0. The van der Waals surface area contributed by atoms with Crippen molar-refractivity contribution in [2.24, 2.45) is 11.8 Å².